The lowest BCUT2D eigenvalue weighted by Gasteiger charge is -2.13. The van der Waals surface area contributed by atoms with Crippen LogP contribution in [0.5, 0.6) is 11.5 Å². The van der Waals surface area contributed by atoms with Gasteiger partial charge in [-0.05, 0) is 31.2 Å². The van der Waals surface area contributed by atoms with Gasteiger partial charge in [-0.3, -0.25) is 0 Å². The van der Waals surface area contributed by atoms with E-state index in [1.54, 1.807) is 19.2 Å². The average Bonchev–Trinajstić information content (AvgIpc) is 2.49. The average molecular weight is 280 g/mol. The topological polar surface area (TPSA) is 54.4 Å². The molecule has 3 rings (SSSR count). The number of pyridine rings is 1. The number of para-hydroxylation sites is 3. The number of nitrogens with one attached hydrogen (secondary N) is 1. The number of phenolic OH excluding ortho intramolecular Hbond substituents is 1. The lowest BCUT2D eigenvalue weighted by molar-refractivity contribution is 0.419. The zero-order valence-corrected chi connectivity index (χ0v) is 11.9. The summed E-state index contributed by atoms with van der Waals surface area (Å²) in [6.45, 7) is 1.93. The minimum atomic E-state index is 0.211. The number of aryl methyl sites for hydroxylation is 1. The first-order valence-electron chi connectivity index (χ1n) is 6.68. The predicted octanol–water partition coefficient (Wildman–Crippen LogP) is 4.00. The first-order chi connectivity index (χ1) is 10.2. The van der Waals surface area contributed by atoms with Crippen LogP contribution in [0, 0.1) is 6.92 Å². The molecule has 0 fully saturated rings. The van der Waals surface area contributed by atoms with E-state index in [9.17, 15) is 5.11 Å². The Kier molecular flexibility index (Phi) is 3.36. The van der Waals surface area contributed by atoms with Gasteiger partial charge in [0.1, 0.15) is 17.0 Å². The highest BCUT2D eigenvalue weighted by atomic mass is 16.5. The Bertz CT molecular complexity index is 800. The molecule has 0 bridgehead atoms. The van der Waals surface area contributed by atoms with Crippen molar-refractivity contribution in [2.24, 2.45) is 0 Å². The van der Waals surface area contributed by atoms with Gasteiger partial charge >= 0.3 is 0 Å². The summed E-state index contributed by atoms with van der Waals surface area (Å²) < 4.78 is 5.37. The van der Waals surface area contributed by atoms with Crippen LogP contribution in [-0.2, 0) is 0 Å². The second kappa shape index (κ2) is 5.32. The molecule has 0 atom stereocenters. The minimum absolute atomic E-state index is 0.211. The zero-order chi connectivity index (χ0) is 14.8. The molecule has 106 valence electrons. The molecule has 2 aromatic carbocycles. The van der Waals surface area contributed by atoms with E-state index in [0.717, 1.165) is 28.0 Å². The van der Waals surface area contributed by atoms with Crippen molar-refractivity contribution < 1.29 is 9.84 Å². The Morgan fingerprint density at radius 2 is 1.86 bits per heavy atom. The molecule has 0 aliphatic heterocycles. The molecule has 0 radical (unpaired) electrons. The molecule has 0 saturated heterocycles. The highest BCUT2D eigenvalue weighted by Crippen LogP contribution is 2.33. The van der Waals surface area contributed by atoms with Crippen molar-refractivity contribution in [3.05, 3.63) is 54.2 Å². The van der Waals surface area contributed by atoms with Crippen molar-refractivity contribution in [2.75, 3.05) is 12.4 Å². The molecule has 2 N–H and O–H groups in total. The van der Waals surface area contributed by atoms with Crippen LogP contribution in [0.1, 0.15) is 5.69 Å². The molecular weight excluding hydrogens is 264 g/mol. The smallest absolute Gasteiger partial charge is 0.145 e. The molecule has 3 aromatic rings. The highest BCUT2D eigenvalue weighted by molar-refractivity contribution is 5.96. The molecule has 4 nitrogen and oxygen atoms in total. The predicted molar refractivity (Wildman–Crippen MR) is 84.4 cm³/mol. The SMILES string of the molecule is COc1cccc2c(Nc3ccccc3O)cc(C)nc12. The van der Waals surface area contributed by atoms with E-state index in [4.69, 9.17) is 4.74 Å². The van der Waals surface area contributed by atoms with Crippen molar-refractivity contribution >= 4 is 22.3 Å². The number of anilines is 2. The van der Waals surface area contributed by atoms with Crippen molar-refractivity contribution in [3.63, 3.8) is 0 Å². The Balaban J connectivity index is 2.16. The van der Waals surface area contributed by atoms with Crippen LogP contribution in [-0.4, -0.2) is 17.2 Å². The number of aromatic hydroxyl groups is 1. The summed E-state index contributed by atoms with van der Waals surface area (Å²) in [5, 5.41) is 14.1. The van der Waals surface area contributed by atoms with Gasteiger partial charge in [0, 0.05) is 16.8 Å². The third kappa shape index (κ3) is 2.48. The molecule has 0 amide bonds. The number of aromatic nitrogens is 1. The van der Waals surface area contributed by atoms with Crippen molar-refractivity contribution in [2.45, 2.75) is 6.92 Å². The highest BCUT2D eigenvalue weighted by Gasteiger charge is 2.09. The Hall–Kier alpha value is -2.75. The number of methoxy groups -OCH3 is 1. The number of rotatable bonds is 3. The Labute approximate surface area is 123 Å². The first kappa shape index (κ1) is 13.2. The van der Waals surface area contributed by atoms with Gasteiger partial charge in [-0.25, -0.2) is 4.98 Å². The molecule has 0 unspecified atom stereocenters. The fourth-order valence-corrected chi connectivity index (χ4v) is 2.34. The molecule has 0 saturated carbocycles. The summed E-state index contributed by atoms with van der Waals surface area (Å²) in [6, 6.07) is 14.9. The fourth-order valence-electron chi connectivity index (χ4n) is 2.34. The van der Waals surface area contributed by atoms with Gasteiger partial charge in [0.25, 0.3) is 0 Å². The van der Waals surface area contributed by atoms with Gasteiger partial charge in [0.05, 0.1) is 12.8 Å². The van der Waals surface area contributed by atoms with Crippen molar-refractivity contribution in [1.29, 1.82) is 0 Å². The van der Waals surface area contributed by atoms with Gasteiger partial charge in [-0.1, -0.05) is 24.3 Å². The maximum absolute atomic E-state index is 9.91. The first-order valence-corrected chi connectivity index (χ1v) is 6.68. The van der Waals surface area contributed by atoms with Gasteiger partial charge in [-0.2, -0.15) is 0 Å². The van der Waals surface area contributed by atoms with Crippen LogP contribution >= 0.6 is 0 Å². The van der Waals surface area contributed by atoms with E-state index in [-0.39, 0.29) is 5.75 Å². The van der Waals surface area contributed by atoms with Crippen LogP contribution in [0.2, 0.25) is 0 Å². The quantitative estimate of drug-likeness (QED) is 0.712. The number of fused-ring (bicyclic) bond motifs is 1. The Morgan fingerprint density at radius 1 is 1.05 bits per heavy atom. The molecule has 1 aromatic heterocycles. The number of hydrogen-bond donors (Lipinski definition) is 2. The molecule has 0 spiro atoms. The molecule has 4 heteroatoms. The number of nitrogens with zero attached hydrogens (tertiary/aromatic N) is 1. The van der Waals surface area contributed by atoms with Crippen LogP contribution < -0.4 is 10.1 Å². The minimum Gasteiger partial charge on any atom is -0.506 e. The van der Waals surface area contributed by atoms with E-state index in [1.165, 1.54) is 0 Å². The van der Waals surface area contributed by atoms with Crippen molar-refractivity contribution in [3.8, 4) is 11.5 Å². The number of phenols is 1. The van der Waals surface area contributed by atoms with E-state index < -0.39 is 0 Å². The fraction of sp³-hybridized carbons (Fsp3) is 0.118. The zero-order valence-electron chi connectivity index (χ0n) is 11.9. The Morgan fingerprint density at radius 3 is 2.62 bits per heavy atom. The molecular formula is C17H16N2O2. The van der Waals surface area contributed by atoms with Gasteiger partial charge < -0.3 is 15.2 Å². The van der Waals surface area contributed by atoms with E-state index >= 15 is 0 Å². The summed E-state index contributed by atoms with van der Waals surface area (Å²) in [4.78, 5) is 4.54. The number of hydrogen-bond acceptors (Lipinski definition) is 4. The summed E-state index contributed by atoms with van der Waals surface area (Å²) in [5.41, 5.74) is 3.23. The van der Waals surface area contributed by atoms with Gasteiger partial charge in [0.15, 0.2) is 0 Å². The normalized spacial score (nSPS) is 10.6. The van der Waals surface area contributed by atoms with E-state index in [0.29, 0.717) is 5.69 Å². The van der Waals surface area contributed by atoms with Crippen LogP contribution in [0.3, 0.4) is 0 Å². The van der Waals surface area contributed by atoms with Crippen molar-refractivity contribution in [1.82, 2.24) is 4.98 Å². The van der Waals surface area contributed by atoms with Gasteiger partial charge in [0.2, 0.25) is 0 Å². The third-order valence-electron chi connectivity index (χ3n) is 3.32. The molecule has 21 heavy (non-hydrogen) atoms. The lowest BCUT2D eigenvalue weighted by Crippen LogP contribution is -1.96. The van der Waals surface area contributed by atoms with Crippen LogP contribution in [0.4, 0.5) is 11.4 Å². The third-order valence-corrected chi connectivity index (χ3v) is 3.32. The maximum Gasteiger partial charge on any atom is 0.145 e. The summed E-state index contributed by atoms with van der Waals surface area (Å²) in [5.74, 6) is 0.944. The lowest BCUT2D eigenvalue weighted by atomic mass is 10.1. The van der Waals surface area contributed by atoms with Crippen LogP contribution in [0.15, 0.2) is 48.5 Å². The monoisotopic (exact) mass is 280 g/mol. The summed E-state index contributed by atoms with van der Waals surface area (Å²) in [6.07, 6.45) is 0. The summed E-state index contributed by atoms with van der Waals surface area (Å²) >= 11 is 0. The summed E-state index contributed by atoms with van der Waals surface area (Å²) in [7, 11) is 1.63. The maximum atomic E-state index is 9.91. The van der Waals surface area contributed by atoms with Crippen LogP contribution in [0.25, 0.3) is 10.9 Å². The van der Waals surface area contributed by atoms with E-state index in [2.05, 4.69) is 10.3 Å². The number of ether oxygens (including phenoxy) is 1. The van der Waals surface area contributed by atoms with E-state index in [1.807, 2.05) is 43.3 Å². The molecule has 0 aliphatic carbocycles. The largest absolute Gasteiger partial charge is 0.506 e. The standard InChI is InChI=1S/C17H16N2O2/c1-11-10-14(19-13-7-3-4-8-15(13)20)12-6-5-9-16(21-2)17(12)18-11/h3-10,20H,1-2H3,(H,18,19). The molecule has 1 heterocycles. The second-order valence-electron chi connectivity index (χ2n) is 4.81. The second-order valence-corrected chi connectivity index (χ2v) is 4.81. The number of benzene rings is 2. The van der Waals surface area contributed by atoms with Gasteiger partial charge in [-0.15, -0.1) is 0 Å². The molecule has 0 aliphatic rings.